The zero-order valence-corrected chi connectivity index (χ0v) is 9.59. The number of hydrogen-bond donors (Lipinski definition) is 2. The number of aromatic nitrogens is 1. The molecule has 0 aromatic carbocycles. The first-order chi connectivity index (χ1) is 7.27. The number of aliphatic hydroxyl groups excluding tert-OH is 1. The summed E-state index contributed by atoms with van der Waals surface area (Å²) in [5.74, 6) is 0.278. The molecular formula is C10H16N2O2S. The van der Waals surface area contributed by atoms with Crippen LogP contribution < -0.4 is 5.32 Å². The quantitative estimate of drug-likeness (QED) is 0.771. The minimum atomic E-state index is -0.0751. The molecular weight excluding hydrogens is 212 g/mol. The molecule has 0 bridgehead atoms. The molecule has 0 fully saturated rings. The lowest BCUT2D eigenvalue weighted by Gasteiger charge is -2.13. The molecule has 1 unspecified atom stereocenters. The summed E-state index contributed by atoms with van der Waals surface area (Å²) in [5, 5.41) is 11.6. The van der Waals surface area contributed by atoms with Gasteiger partial charge in [0.05, 0.1) is 11.7 Å². The summed E-state index contributed by atoms with van der Waals surface area (Å²) in [4.78, 5) is 16.0. The third kappa shape index (κ3) is 3.97. The standard InChI is InChI=1S/C10H16N2O2S/c1-2-8(3-4-13)5-12-10(14)9-6-11-7-15-9/h6-8,13H,2-5H2,1H3,(H,12,14). The maximum Gasteiger partial charge on any atom is 0.263 e. The Labute approximate surface area is 93.4 Å². The highest BCUT2D eigenvalue weighted by Gasteiger charge is 2.10. The Balaban J connectivity index is 2.33. The summed E-state index contributed by atoms with van der Waals surface area (Å²) >= 11 is 1.33. The van der Waals surface area contributed by atoms with Crippen molar-refractivity contribution in [1.82, 2.24) is 10.3 Å². The number of rotatable bonds is 6. The van der Waals surface area contributed by atoms with Gasteiger partial charge in [0.25, 0.3) is 5.91 Å². The predicted molar refractivity (Wildman–Crippen MR) is 59.9 cm³/mol. The smallest absolute Gasteiger partial charge is 0.263 e. The van der Waals surface area contributed by atoms with Crippen LogP contribution in [0.5, 0.6) is 0 Å². The number of amides is 1. The molecule has 84 valence electrons. The molecule has 0 spiro atoms. The van der Waals surface area contributed by atoms with Crippen LogP contribution in [0.15, 0.2) is 11.7 Å². The molecule has 4 nitrogen and oxygen atoms in total. The van der Waals surface area contributed by atoms with Crippen LogP contribution in [0.4, 0.5) is 0 Å². The highest BCUT2D eigenvalue weighted by molar-refractivity contribution is 7.11. The SMILES string of the molecule is CCC(CCO)CNC(=O)c1cncs1. The fourth-order valence-electron chi connectivity index (χ4n) is 1.29. The first kappa shape index (κ1) is 12.1. The molecule has 5 heteroatoms. The van der Waals surface area contributed by atoms with Crippen molar-refractivity contribution in [3.05, 3.63) is 16.6 Å². The van der Waals surface area contributed by atoms with Crippen molar-refractivity contribution in [2.75, 3.05) is 13.2 Å². The second-order valence-electron chi connectivity index (χ2n) is 3.36. The molecule has 0 aliphatic heterocycles. The highest BCUT2D eigenvalue weighted by Crippen LogP contribution is 2.08. The monoisotopic (exact) mass is 228 g/mol. The lowest BCUT2D eigenvalue weighted by atomic mass is 10.0. The normalized spacial score (nSPS) is 12.4. The maximum absolute atomic E-state index is 11.5. The van der Waals surface area contributed by atoms with Crippen LogP contribution in [0.25, 0.3) is 0 Å². The van der Waals surface area contributed by atoms with Gasteiger partial charge in [-0.05, 0) is 12.3 Å². The van der Waals surface area contributed by atoms with Crippen LogP contribution in [0.3, 0.4) is 0 Å². The Bertz CT molecular complexity index is 288. The molecule has 1 atom stereocenters. The van der Waals surface area contributed by atoms with E-state index in [0.29, 0.717) is 17.3 Å². The van der Waals surface area contributed by atoms with Gasteiger partial charge in [0.15, 0.2) is 0 Å². The molecule has 1 aromatic rings. The fraction of sp³-hybridized carbons (Fsp3) is 0.600. The summed E-state index contributed by atoms with van der Waals surface area (Å²) in [6, 6.07) is 0. The zero-order chi connectivity index (χ0) is 11.1. The number of carbonyl (C=O) groups excluding carboxylic acids is 1. The average molecular weight is 228 g/mol. The van der Waals surface area contributed by atoms with E-state index in [1.54, 1.807) is 11.7 Å². The van der Waals surface area contributed by atoms with E-state index in [1.807, 2.05) is 0 Å². The van der Waals surface area contributed by atoms with Crippen molar-refractivity contribution in [2.24, 2.45) is 5.92 Å². The molecule has 0 saturated heterocycles. The molecule has 1 rings (SSSR count). The van der Waals surface area contributed by atoms with Crippen molar-refractivity contribution >= 4 is 17.2 Å². The van der Waals surface area contributed by atoms with Crippen LogP contribution >= 0.6 is 11.3 Å². The molecule has 1 amide bonds. The summed E-state index contributed by atoms with van der Waals surface area (Å²) < 4.78 is 0. The molecule has 0 saturated carbocycles. The predicted octanol–water partition coefficient (Wildman–Crippen LogP) is 1.28. The van der Waals surface area contributed by atoms with E-state index in [9.17, 15) is 4.79 Å². The van der Waals surface area contributed by atoms with Crippen LogP contribution in [0.1, 0.15) is 29.4 Å². The first-order valence-corrected chi connectivity index (χ1v) is 5.93. The molecule has 0 radical (unpaired) electrons. The van der Waals surface area contributed by atoms with Crippen molar-refractivity contribution < 1.29 is 9.90 Å². The van der Waals surface area contributed by atoms with E-state index in [1.165, 1.54) is 11.3 Å². The minimum Gasteiger partial charge on any atom is -0.396 e. The first-order valence-electron chi connectivity index (χ1n) is 5.05. The van der Waals surface area contributed by atoms with Gasteiger partial charge >= 0.3 is 0 Å². The van der Waals surface area contributed by atoms with Gasteiger partial charge in [-0.15, -0.1) is 11.3 Å². The summed E-state index contributed by atoms with van der Waals surface area (Å²) in [7, 11) is 0. The van der Waals surface area contributed by atoms with E-state index >= 15 is 0 Å². The fourth-order valence-corrected chi connectivity index (χ4v) is 1.82. The van der Waals surface area contributed by atoms with Crippen molar-refractivity contribution in [2.45, 2.75) is 19.8 Å². The maximum atomic E-state index is 11.5. The number of aliphatic hydroxyl groups is 1. The minimum absolute atomic E-state index is 0.0751. The van der Waals surface area contributed by atoms with Gasteiger partial charge in [-0.1, -0.05) is 13.3 Å². The van der Waals surface area contributed by atoms with Gasteiger partial charge < -0.3 is 10.4 Å². The summed E-state index contributed by atoms with van der Waals surface area (Å²) in [6.45, 7) is 2.85. The van der Waals surface area contributed by atoms with Gasteiger partial charge in [0.2, 0.25) is 0 Å². The Morgan fingerprint density at radius 2 is 2.53 bits per heavy atom. The number of nitrogens with zero attached hydrogens (tertiary/aromatic N) is 1. The van der Waals surface area contributed by atoms with E-state index in [2.05, 4.69) is 17.2 Å². The average Bonchev–Trinajstić information content (AvgIpc) is 2.77. The topological polar surface area (TPSA) is 62.2 Å². The van der Waals surface area contributed by atoms with Gasteiger partial charge in [-0.25, -0.2) is 0 Å². The Morgan fingerprint density at radius 1 is 1.73 bits per heavy atom. The van der Waals surface area contributed by atoms with Crippen LogP contribution in [-0.4, -0.2) is 29.1 Å². The lowest BCUT2D eigenvalue weighted by Crippen LogP contribution is -2.29. The number of nitrogens with one attached hydrogen (secondary N) is 1. The molecule has 0 aliphatic rings. The van der Waals surface area contributed by atoms with E-state index in [-0.39, 0.29) is 12.5 Å². The van der Waals surface area contributed by atoms with Gasteiger partial charge in [-0.3, -0.25) is 9.78 Å². The van der Waals surface area contributed by atoms with E-state index < -0.39 is 0 Å². The summed E-state index contributed by atoms with van der Waals surface area (Å²) in [6.07, 6.45) is 3.26. The number of hydrogen-bond acceptors (Lipinski definition) is 4. The van der Waals surface area contributed by atoms with Gasteiger partial charge in [0, 0.05) is 13.2 Å². The summed E-state index contributed by atoms with van der Waals surface area (Å²) in [5.41, 5.74) is 1.64. The van der Waals surface area contributed by atoms with E-state index in [0.717, 1.165) is 12.8 Å². The van der Waals surface area contributed by atoms with Crippen molar-refractivity contribution in [3.8, 4) is 0 Å². The second-order valence-corrected chi connectivity index (χ2v) is 4.25. The van der Waals surface area contributed by atoms with Crippen molar-refractivity contribution in [3.63, 3.8) is 0 Å². The second kappa shape index (κ2) is 6.53. The van der Waals surface area contributed by atoms with Crippen LogP contribution in [0.2, 0.25) is 0 Å². The molecule has 1 aromatic heterocycles. The zero-order valence-electron chi connectivity index (χ0n) is 8.77. The Kier molecular flexibility index (Phi) is 5.28. The lowest BCUT2D eigenvalue weighted by molar-refractivity contribution is 0.0947. The van der Waals surface area contributed by atoms with Gasteiger partial charge in [-0.2, -0.15) is 0 Å². The van der Waals surface area contributed by atoms with Crippen LogP contribution in [-0.2, 0) is 0 Å². The molecule has 0 aliphatic carbocycles. The van der Waals surface area contributed by atoms with Gasteiger partial charge in [0.1, 0.15) is 4.88 Å². The third-order valence-electron chi connectivity index (χ3n) is 2.32. The Hall–Kier alpha value is -0.940. The van der Waals surface area contributed by atoms with Crippen LogP contribution in [0, 0.1) is 5.92 Å². The number of thiazole rings is 1. The van der Waals surface area contributed by atoms with E-state index in [4.69, 9.17) is 5.11 Å². The molecule has 15 heavy (non-hydrogen) atoms. The highest BCUT2D eigenvalue weighted by atomic mass is 32.1. The Morgan fingerprint density at radius 3 is 3.07 bits per heavy atom. The third-order valence-corrected chi connectivity index (χ3v) is 3.09. The molecule has 2 N–H and O–H groups in total. The number of carbonyl (C=O) groups is 1. The van der Waals surface area contributed by atoms with Crippen molar-refractivity contribution in [1.29, 1.82) is 0 Å². The molecule has 1 heterocycles. The largest absolute Gasteiger partial charge is 0.396 e.